The van der Waals surface area contributed by atoms with E-state index in [1.54, 1.807) is 11.3 Å². The average molecular weight is 337 g/mol. The lowest BCUT2D eigenvalue weighted by atomic mass is 10.1. The maximum atomic E-state index is 12.2. The van der Waals surface area contributed by atoms with Crippen LogP contribution in [0.2, 0.25) is 0 Å². The molecule has 2 amide bonds. The van der Waals surface area contributed by atoms with Crippen LogP contribution in [-0.4, -0.2) is 21.2 Å². The third-order valence-electron chi connectivity index (χ3n) is 3.58. The number of hydrogen-bond acceptors (Lipinski definition) is 6. The van der Waals surface area contributed by atoms with E-state index in [1.807, 2.05) is 27.7 Å². The third-order valence-corrected chi connectivity index (χ3v) is 5.97. The van der Waals surface area contributed by atoms with Crippen molar-refractivity contribution in [2.45, 2.75) is 52.0 Å². The van der Waals surface area contributed by atoms with Crippen molar-refractivity contribution in [2.24, 2.45) is 0 Å². The van der Waals surface area contributed by atoms with Gasteiger partial charge in [0, 0.05) is 10.8 Å². The van der Waals surface area contributed by atoms with Gasteiger partial charge in [-0.05, 0) is 40.5 Å². The Hall–Kier alpha value is -1.54. The summed E-state index contributed by atoms with van der Waals surface area (Å²) in [6.07, 6.45) is 2.35. The number of amides is 2. The number of rotatable bonds is 4. The fourth-order valence-corrected chi connectivity index (χ4v) is 3.87. The number of thiazole rings is 1. The number of anilines is 1. The van der Waals surface area contributed by atoms with E-state index in [2.05, 4.69) is 25.8 Å². The van der Waals surface area contributed by atoms with Crippen molar-refractivity contribution < 1.29 is 4.79 Å². The van der Waals surface area contributed by atoms with E-state index >= 15 is 0 Å². The van der Waals surface area contributed by atoms with Crippen LogP contribution < -0.4 is 10.6 Å². The summed E-state index contributed by atoms with van der Waals surface area (Å²) in [7, 11) is 0. The first kappa shape index (κ1) is 15.4. The summed E-state index contributed by atoms with van der Waals surface area (Å²) in [5.41, 5.74) is 0.478. The molecule has 1 saturated carbocycles. The molecule has 0 spiro atoms. The predicted molar refractivity (Wildman–Crippen MR) is 88.7 cm³/mol. The van der Waals surface area contributed by atoms with E-state index < -0.39 is 5.54 Å². The molecule has 2 N–H and O–H groups in total. The first-order valence-electron chi connectivity index (χ1n) is 7.22. The summed E-state index contributed by atoms with van der Waals surface area (Å²) in [5.74, 6) is 0.550. The first-order valence-corrected chi connectivity index (χ1v) is 8.85. The molecule has 2 aromatic heterocycles. The molecule has 0 atom stereocenters. The molecule has 2 aromatic rings. The van der Waals surface area contributed by atoms with Gasteiger partial charge in [-0.2, -0.15) is 0 Å². The van der Waals surface area contributed by atoms with Crippen LogP contribution >= 0.6 is 22.7 Å². The van der Waals surface area contributed by atoms with Gasteiger partial charge >= 0.3 is 6.03 Å². The highest BCUT2D eigenvalue weighted by Gasteiger charge is 2.29. The zero-order valence-corrected chi connectivity index (χ0v) is 14.7. The van der Waals surface area contributed by atoms with E-state index in [-0.39, 0.29) is 6.03 Å². The minimum Gasteiger partial charge on any atom is -0.326 e. The van der Waals surface area contributed by atoms with E-state index in [1.165, 1.54) is 29.1 Å². The van der Waals surface area contributed by atoms with Gasteiger partial charge in [0.1, 0.15) is 10.0 Å². The van der Waals surface area contributed by atoms with Gasteiger partial charge in [-0.1, -0.05) is 11.3 Å². The number of nitrogens with zero attached hydrogens (tertiary/aromatic N) is 3. The summed E-state index contributed by atoms with van der Waals surface area (Å²) < 4.78 is 0. The Morgan fingerprint density at radius 3 is 2.55 bits per heavy atom. The molecule has 0 radical (unpaired) electrons. The Bertz CT molecular complexity index is 682. The summed E-state index contributed by atoms with van der Waals surface area (Å²) in [6.45, 7) is 7.90. The molecule has 22 heavy (non-hydrogen) atoms. The molecule has 1 fully saturated rings. The maximum absolute atomic E-state index is 12.2. The van der Waals surface area contributed by atoms with Crippen LogP contribution in [0.15, 0.2) is 0 Å². The fourth-order valence-electron chi connectivity index (χ4n) is 1.99. The quantitative estimate of drug-likeness (QED) is 0.894. The van der Waals surface area contributed by atoms with Crippen molar-refractivity contribution in [3.63, 3.8) is 0 Å². The Labute approximate surface area is 137 Å². The molecular formula is C14H19N5OS2. The lowest BCUT2D eigenvalue weighted by Crippen LogP contribution is -2.43. The zero-order chi connectivity index (χ0) is 15.9. The normalized spacial score (nSPS) is 14.9. The van der Waals surface area contributed by atoms with Crippen molar-refractivity contribution in [3.8, 4) is 0 Å². The van der Waals surface area contributed by atoms with Gasteiger partial charge in [-0.15, -0.1) is 21.5 Å². The summed E-state index contributed by atoms with van der Waals surface area (Å²) in [5, 5.41) is 16.3. The summed E-state index contributed by atoms with van der Waals surface area (Å²) >= 11 is 3.06. The molecule has 8 heteroatoms. The Morgan fingerprint density at radius 1 is 1.23 bits per heavy atom. The van der Waals surface area contributed by atoms with Gasteiger partial charge in [-0.25, -0.2) is 9.78 Å². The summed E-state index contributed by atoms with van der Waals surface area (Å²) in [6, 6.07) is -0.283. The van der Waals surface area contributed by atoms with E-state index in [4.69, 9.17) is 0 Å². The number of urea groups is 1. The molecule has 6 nitrogen and oxygen atoms in total. The molecule has 1 aliphatic carbocycles. The molecule has 0 aromatic carbocycles. The highest BCUT2D eigenvalue weighted by atomic mass is 32.1. The molecule has 118 valence electrons. The monoisotopic (exact) mass is 337 g/mol. The van der Waals surface area contributed by atoms with Crippen molar-refractivity contribution in [1.82, 2.24) is 20.5 Å². The molecule has 2 heterocycles. The fraction of sp³-hybridized carbons (Fsp3) is 0.571. The van der Waals surface area contributed by atoms with Crippen LogP contribution in [0.3, 0.4) is 0 Å². The minimum absolute atomic E-state index is 0.283. The Balaban J connectivity index is 1.64. The summed E-state index contributed by atoms with van der Waals surface area (Å²) in [4.78, 5) is 17.9. The standard InChI is InChI=1S/C14H19N5OS2/c1-7-8(2)21-11(15-7)14(3,4)17-12(20)16-13-19-18-10(22-13)9-5-6-9/h9H,5-6H2,1-4H3,(H2,16,17,19,20). The Kier molecular flexibility index (Phi) is 3.90. The topological polar surface area (TPSA) is 79.8 Å². The third kappa shape index (κ3) is 3.27. The second kappa shape index (κ2) is 5.58. The number of carbonyl (C=O) groups excluding carboxylic acids is 1. The second-order valence-corrected chi connectivity index (χ2v) is 8.30. The van der Waals surface area contributed by atoms with Crippen molar-refractivity contribution in [2.75, 3.05) is 5.32 Å². The highest BCUT2D eigenvalue weighted by Crippen LogP contribution is 2.42. The van der Waals surface area contributed by atoms with Crippen LogP contribution in [0.4, 0.5) is 9.93 Å². The van der Waals surface area contributed by atoms with Crippen LogP contribution in [0.5, 0.6) is 0 Å². The zero-order valence-electron chi connectivity index (χ0n) is 13.1. The smallest absolute Gasteiger partial charge is 0.321 e. The predicted octanol–water partition coefficient (Wildman–Crippen LogP) is 3.55. The largest absolute Gasteiger partial charge is 0.326 e. The molecule has 1 aliphatic rings. The van der Waals surface area contributed by atoms with Crippen molar-refractivity contribution in [3.05, 3.63) is 20.6 Å². The van der Waals surface area contributed by atoms with Gasteiger partial charge in [0.2, 0.25) is 5.13 Å². The molecule has 0 bridgehead atoms. The number of aryl methyl sites for hydroxylation is 2. The second-order valence-electron chi connectivity index (χ2n) is 6.08. The van der Waals surface area contributed by atoms with Crippen LogP contribution in [0, 0.1) is 13.8 Å². The van der Waals surface area contributed by atoms with Crippen molar-refractivity contribution >= 4 is 33.8 Å². The minimum atomic E-state index is -0.530. The van der Waals surface area contributed by atoms with Crippen LogP contribution in [0.1, 0.15) is 53.2 Å². The molecule has 0 unspecified atom stereocenters. The van der Waals surface area contributed by atoms with Gasteiger partial charge in [0.15, 0.2) is 0 Å². The lowest BCUT2D eigenvalue weighted by molar-refractivity contribution is 0.241. The van der Waals surface area contributed by atoms with E-state index in [0.717, 1.165) is 15.7 Å². The van der Waals surface area contributed by atoms with Crippen LogP contribution in [0.25, 0.3) is 0 Å². The van der Waals surface area contributed by atoms with Gasteiger partial charge < -0.3 is 5.32 Å². The number of aromatic nitrogens is 3. The van der Waals surface area contributed by atoms with Gasteiger partial charge in [-0.3, -0.25) is 5.32 Å². The number of nitrogens with one attached hydrogen (secondary N) is 2. The van der Waals surface area contributed by atoms with Crippen LogP contribution in [-0.2, 0) is 5.54 Å². The van der Waals surface area contributed by atoms with E-state index in [9.17, 15) is 4.79 Å². The lowest BCUT2D eigenvalue weighted by Gasteiger charge is -2.23. The average Bonchev–Trinajstić information content (AvgIpc) is 3.08. The van der Waals surface area contributed by atoms with Gasteiger partial charge in [0.25, 0.3) is 0 Å². The van der Waals surface area contributed by atoms with Crippen molar-refractivity contribution in [1.29, 1.82) is 0 Å². The van der Waals surface area contributed by atoms with E-state index in [0.29, 0.717) is 11.0 Å². The number of carbonyl (C=O) groups is 1. The molecule has 0 aliphatic heterocycles. The molecular weight excluding hydrogens is 318 g/mol. The molecule has 0 saturated heterocycles. The first-order chi connectivity index (χ1) is 10.3. The number of hydrogen-bond donors (Lipinski definition) is 2. The SMILES string of the molecule is Cc1nc(C(C)(C)NC(=O)Nc2nnc(C3CC3)s2)sc1C. The molecule has 3 rings (SSSR count). The highest BCUT2D eigenvalue weighted by molar-refractivity contribution is 7.15. The maximum Gasteiger partial charge on any atom is 0.321 e. The Morgan fingerprint density at radius 2 is 1.95 bits per heavy atom. The van der Waals surface area contributed by atoms with Gasteiger partial charge in [0.05, 0.1) is 11.2 Å².